The van der Waals surface area contributed by atoms with Crippen molar-refractivity contribution in [3.8, 4) is 17.1 Å². The van der Waals surface area contributed by atoms with Gasteiger partial charge in [0.25, 0.3) is 0 Å². The van der Waals surface area contributed by atoms with Crippen LogP contribution in [0.1, 0.15) is 33.9 Å². The second-order valence-electron chi connectivity index (χ2n) is 7.57. The zero-order valence-corrected chi connectivity index (χ0v) is 18.1. The Bertz CT molecular complexity index is 1320. The van der Waals surface area contributed by atoms with Crippen LogP contribution < -0.4 is 10.2 Å². The summed E-state index contributed by atoms with van der Waals surface area (Å²) in [6.45, 7) is 0. The van der Waals surface area contributed by atoms with Gasteiger partial charge in [-0.15, -0.1) is 0 Å². The van der Waals surface area contributed by atoms with Crippen molar-refractivity contribution < 1.29 is 19.4 Å². The molecular formula is C25H19N3O4S. The van der Waals surface area contributed by atoms with Crippen molar-refractivity contribution in [2.24, 2.45) is 0 Å². The molecule has 3 N–H and O–H groups in total. The average molecular weight is 458 g/mol. The molecule has 0 saturated carbocycles. The molecule has 7 nitrogen and oxygen atoms in total. The number of aromatic hydroxyl groups is 1. The molecule has 1 saturated heterocycles. The standard InChI is InChI=1S/C25H19N3O4S/c29-16-10-8-15(9-11-16)28-23(22(27-25(28)33)19-7-3-4-14-26-19)21-13-12-20(32-21)17-5-1-2-6-18(17)24(30)31/h1-14,22-23,29H,(H,27,33)(H,30,31)/t22-,23+/m0/s1. The molecule has 1 aliphatic rings. The number of phenolic OH excluding ortho intramolecular Hbond substituents is 1. The predicted octanol–water partition coefficient (Wildman–Crippen LogP) is 4.92. The van der Waals surface area contributed by atoms with Gasteiger partial charge in [-0.1, -0.05) is 24.3 Å². The third-order valence-corrected chi connectivity index (χ3v) is 5.88. The van der Waals surface area contributed by atoms with Crippen molar-refractivity contribution >= 4 is 29.0 Å². The first-order valence-electron chi connectivity index (χ1n) is 10.2. The lowest BCUT2D eigenvalue weighted by Gasteiger charge is -2.26. The van der Waals surface area contributed by atoms with E-state index in [9.17, 15) is 15.0 Å². The molecule has 5 rings (SSSR count). The molecule has 1 fully saturated rings. The van der Waals surface area contributed by atoms with Crippen LogP contribution in [-0.2, 0) is 0 Å². The zero-order chi connectivity index (χ0) is 22.9. The number of carbonyl (C=O) groups is 1. The van der Waals surface area contributed by atoms with Gasteiger partial charge in [0.05, 0.1) is 17.3 Å². The fraction of sp³-hybridized carbons (Fsp3) is 0.0800. The molecule has 33 heavy (non-hydrogen) atoms. The molecular weight excluding hydrogens is 438 g/mol. The number of rotatable bonds is 5. The number of furan rings is 1. The van der Waals surface area contributed by atoms with Gasteiger partial charge in [-0.25, -0.2) is 4.79 Å². The van der Waals surface area contributed by atoms with Crippen molar-refractivity contribution in [3.63, 3.8) is 0 Å². The molecule has 0 bridgehead atoms. The molecule has 2 aromatic heterocycles. The first kappa shape index (κ1) is 20.7. The molecule has 3 heterocycles. The molecule has 0 radical (unpaired) electrons. The number of nitrogens with zero attached hydrogens (tertiary/aromatic N) is 2. The summed E-state index contributed by atoms with van der Waals surface area (Å²) < 4.78 is 6.24. The van der Waals surface area contributed by atoms with E-state index in [1.165, 1.54) is 0 Å². The Hall–Kier alpha value is -4.17. The Kier molecular flexibility index (Phi) is 5.27. The summed E-state index contributed by atoms with van der Waals surface area (Å²) in [4.78, 5) is 18.1. The minimum Gasteiger partial charge on any atom is -0.508 e. The number of nitrogens with one attached hydrogen (secondary N) is 1. The number of aromatic carboxylic acids is 1. The number of pyridine rings is 1. The van der Waals surface area contributed by atoms with E-state index in [0.29, 0.717) is 22.2 Å². The SMILES string of the molecule is O=C(O)c1ccccc1-c1ccc([C@@H]2[C@H](c3ccccn3)NC(=S)N2c2ccc(O)cc2)o1. The van der Waals surface area contributed by atoms with Crippen LogP contribution in [0.4, 0.5) is 5.69 Å². The van der Waals surface area contributed by atoms with Crippen LogP contribution in [0.25, 0.3) is 11.3 Å². The van der Waals surface area contributed by atoms with E-state index >= 15 is 0 Å². The Morgan fingerprint density at radius 3 is 2.48 bits per heavy atom. The largest absolute Gasteiger partial charge is 0.508 e. The Labute approximate surface area is 194 Å². The summed E-state index contributed by atoms with van der Waals surface area (Å²) in [6.07, 6.45) is 1.72. The van der Waals surface area contributed by atoms with Gasteiger partial charge in [0.1, 0.15) is 23.3 Å². The van der Waals surface area contributed by atoms with Gasteiger partial charge in [-0.3, -0.25) is 4.98 Å². The minimum absolute atomic E-state index is 0.153. The van der Waals surface area contributed by atoms with Crippen LogP contribution in [0.3, 0.4) is 0 Å². The quantitative estimate of drug-likeness (QED) is 0.363. The van der Waals surface area contributed by atoms with E-state index in [1.807, 2.05) is 29.2 Å². The van der Waals surface area contributed by atoms with Crippen LogP contribution in [-0.4, -0.2) is 26.3 Å². The van der Waals surface area contributed by atoms with E-state index in [-0.39, 0.29) is 23.4 Å². The fourth-order valence-electron chi connectivity index (χ4n) is 4.08. The summed E-state index contributed by atoms with van der Waals surface area (Å²) >= 11 is 5.67. The topological polar surface area (TPSA) is 98.8 Å². The van der Waals surface area contributed by atoms with Gasteiger partial charge in [-0.2, -0.15) is 0 Å². The highest BCUT2D eigenvalue weighted by molar-refractivity contribution is 7.80. The number of carboxylic acid groups (broad SMARTS) is 1. The molecule has 4 aromatic rings. The number of hydrogen-bond donors (Lipinski definition) is 3. The maximum Gasteiger partial charge on any atom is 0.336 e. The van der Waals surface area contributed by atoms with E-state index in [2.05, 4.69) is 10.3 Å². The summed E-state index contributed by atoms with van der Waals surface area (Å²) in [5.74, 6) is 0.178. The molecule has 2 atom stereocenters. The van der Waals surface area contributed by atoms with Crippen LogP contribution in [0.2, 0.25) is 0 Å². The number of aromatic nitrogens is 1. The van der Waals surface area contributed by atoms with Crippen molar-refractivity contribution in [3.05, 3.63) is 102 Å². The zero-order valence-electron chi connectivity index (χ0n) is 17.3. The smallest absolute Gasteiger partial charge is 0.336 e. The van der Waals surface area contributed by atoms with Gasteiger partial charge in [-0.05, 0) is 66.8 Å². The summed E-state index contributed by atoms with van der Waals surface area (Å²) in [7, 11) is 0. The summed E-state index contributed by atoms with van der Waals surface area (Å²) in [5.41, 5.74) is 2.22. The monoisotopic (exact) mass is 457 g/mol. The van der Waals surface area contributed by atoms with Crippen molar-refractivity contribution in [1.82, 2.24) is 10.3 Å². The van der Waals surface area contributed by atoms with Gasteiger partial charge in [0.2, 0.25) is 0 Å². The Morgan fingerprint density at radius 1 is 1.00 bits per heavy atom. The van der Waals surface area contributed by atoms with Crippen LogP contribution in [0, 0.1) is 0 Å². The minimum atomic E-state index is -1.02. The molecule has 1 aliphatic heterocycles. The van der Waals surface area contributed by atoms with E-state index in [1.54, 1.807) is 60.8 Å². The van der Waals surface area contributed by atoms with Crippen molar-refractivity contribution in [1.29, 1.82) is 0 Å². The maximum absolute atomic E-state index is 11.7. The van der Waals surface area contributed by atoms with Gasteiger partial charge < -0.3 is 24.8 Å². The molecule has 0 aliphatic carbocycles. The first-order valence-corrected chi connectivity index (χ1v) is 10.7. The number of carboxylic acids is 1. The van der Waals surface area contributed by atoms with E-state index in [0.717, 1.165) is 11.4 Å². The highest BCUT2D eigenvalue weighted by Gasteiger charge is 2.42. The number of anilines is 1. The molecule has 0 spiro atoms. The van der Waals surface area contributed by atoms with Gasteiger partial charge in [0.15, 0.2) is 5.11 Å². The molecule has 8 heteroatoms. The van der Waals surface area contributed by atoms with Crippen molar-refractivity contribution in [2.75, 3.05) is 4.90 Å². The molecule has 0 unspecified atom stereocenters. The van der Waals surface area contributed by atoms with Gasteiger partial charge in [0, 0.05) is 17.4 Å². The summed E-state index contributed by atoms with van der Waals surface area (Å²) in [6, 6.07) is 22.0. The fourth-order valence-corrected chi connectivity index (χ4v) is 4.42. The number of phenols is 1. The van der Waals surface area contributed by atoms with Crippen LogP contribution >= 0.6 is 12.2 Å². The summed E-state index contributed by atoms with van der Waals surface area (Å²) in [5, 5.41) is 23.1. The first-order chi connectivity index (χ1) is 16.0. The second-order valence-corrected chi connectivity index (χ2v) is 7.95. The molecule has 0 amide bonds. The van der Waals surface area contributed by atoms with E-state index < -0.39 is 5.97 Å². The molecule has 164 valence electrons. The molecule has 2 aromatic carbocycles. The lowest BCUT2D eigenvalue weighted by Crippen LogP contribution is -2.29. The normalized spacial score (nSPS) is 17.7. The van der Waals surface area contributed by atoms with Crippen molar-refractivity contribution in [2.45, 2.75) is 12.1 Å². The lowest BCUT2D eigenvalue weighted by molar-refractivity contribution is 0.0697. The number of hydrogen-bond acceptors (Lipinski definition) is 5. The highest BCUT2D eigenvalue weighted by atomic mass is 32.1. The van der Waals surface area contributed by atoms with Crippen LogP contribution in [0.5, 0.6) is 5.75 Å². The van der Waals surface area contributed by atoms with Crippen LogP contribution in [0.15, 0.2) is 89.5 Å². The predicted molar refractivity (Wildman–Crippen MR) is 127 cm³/mol. The third kappa shape index (κ3) is 3.81. The average Bonchev–Trinajstić information content (AvgIpc) is 3.45. The number of benzene rings is 2. The maximum atomic E-state index is 11.7. The highest BCUT2D eigenvalue weighted by Crippen LogP contribution is 2.43. The Balaban J connectivity index is 1.61. The third-order valence-electron chi connectivity index (χ3n) is 5.57. The van der Waals surface area contributed by atoms with Gasteiger partial charge >= 0.3 is 5.97 Å². The Morgan fingerprint density at radius 2 is 1.76 bits per heavy atom. The number of thiocarbonyl (C=S) groups is 1. The second kappa shape index (κ2) is 8.40. The lowest BCUT2D eigenvalue weighted by atomic mass is 10.0. The van der Waals surface area contributed by atoms with E-state index in [4.69, 9.17) is 16.6 Å².